The van der Waals surface area contributed by atoms with Crippen molar-refractivity contribution in [3.8, 4) is 6.07 Å². The topological polar surface area (TPSA) is 118 Å². The first kappa shape index (κ1) is 17.7. The number of hydrogen-bond donors (Lipinski definition) is 3. The van der Waals surface area contributed by atoms with E-state index in [0.29, 0.717) is 17.1 Å². The molecule has 1 aliphatic rings. The van der Waals surface area contributed by atoms with Gasteiger partial charge in [0.15, 0.2) is 5.82 Å². The molecule has 1 aliphatic carbocycles. The molecule has 0 aliphatic heterocycles. The van der Waals surface area contributed by atoms with E-state index in [4.69, 9.17) is 5.26 Å². The van der Waals surface area contributed by atoms with Crippen LogP contribution in [0.2, 0.25) is 0 Å². The summed E-state index contributed by atoms with van der Waals surface area (Å²) in [6.07, 6.45) is 4.84. The SMILES string of the molecule is CC(C)N(C(=O)O)C1CC[C@H](c2cc(Nc3cncc(C#N)c3)n[nH]2)C1. The number of rotatable bonds is 5. The first-order chi connectivity index (χ1) is 12.5. The van der Waals surface area contributed by atoms with Crippen LogP contribution in [0.4, 0.5) is 16.3 Å². The van der Waals surface area contributed by atoms with Crippen molar-refractivity contribution in [1.29, 1.82) is 5.26 Å². The van der Waals surface area contributed by atoms with E-state index in [2.05, 4.69) is 26.6 Å². The van der Waals surface area contributed by atoms with Crippen molar-refractivity contribution >= 4 is 17.6 Å². The number of nitrogens with zero attached hydrogens (tertiary/aromatic N) is 4. The lowest BCUT2D eigenvalue weighted by molar-refractivity contribution is 0.108. The summed E-state index contributed by atoms with van der Waals surface area (Å²) in [6.45, 7) is 3.81. The van der Waals surface area contributed by atoms with Crippen LogP contribution in [0.15, 0.2) is 24.5 Å². The molecule has 0 bridgehead atoms. The lowest BCUT2D eigenvalue weighted by Gasteiger charge is -2.30. The van der Waals surface area contributed by atoms with Crippen molar-refractivity contribution in [2.75, 3.05) is 5.32 Å². The fourth-order valence-electron chi connectivity index (χ4n) is 3.62. The molecule has 2 aromatic heterocycles. The summed E-state index contributed by atoms with van der Waals surface area (Å²) in [4.78, 5) is 17.1. The minimum absolute atomic E-state index is 0.0323. The van der Waals surface area contributed by atoms with Gasteiger partial charge in [-0.2, -0.15) is 10.4 Å². The fourth-order valence-corrected chi connectivity index (χ4v) is 3.62. The highest BCUT2D eigenvalue weighted by atomic mass is 16.4. The van der Waals surface area contributed by atoms with Gasteiger partial charge in [-0.25, -0.2) is 4.79 Å². The largest absolute Gasteiger partial charge is 0.465 e. The van der Waals surface area contributed by atoms with Crippen LogP contribution in [0.1, 0.15) is 50.3 Å². The van der Waals surface area contributed by atoms with Crippen LogP contribution in [0, 0.1) is 11.3 Å². The number of H-pyrrole nitrogens is 1. The normalized spacial score (nSPS) is 19.3. The molecule has 1 saturated carbocycles. The molecule has 8 heteroatoms. The summed E-state index contributed by atoms with van der Waals surface area (Å²) in [6, 6.07) is 5.70. The van der Waals surface area contributed by atoms with E-state index >= 15 is 0 Å². The second kappa shape index (κ2) is 7.44. The van der Waals surface area contributed by atoms with Crippen molar-refractivity contribution in [2.24, 2.45) is 0 Å². The number of carboxylic acid groups (broad SMARTS) is 1. The molecule has 136 valence electrons. The number of aromatic nitrogens is 3. The Morgan fingerprint density at radius 3 is 2.92 bits per heavy atom. The van der Waals surface area contributed by atoms with Crippen LogP contribution >= 0.6 is 0 Å². The Bertz CT molecular complexity index is 825. The Kier molecular flexibility index (Phi) is 5.07. The number of amides is 1. The molecule has 1 fully saturated rings. The lowest BCUT2D eigenvalue weighted by atomic mass is 10.0. The van der Waals surface area contributed by atoms with Crippen molar-refractivity contribution < 1.29 is 9.90 Å². The van der Waals surface area contributed by atoms with E-state index in [9.17, 15) is 9.90 Å². The van der Waals surface area contributed by atoms with Gasteiger partial charge in [-0.05, 0) is 39.2 Å². The van der Waals surface area contributed by atoms with E-state index in [1.807, 2.05) is 19.9 Å². The van der Waals surface area contributed by atoms with Gasteiger partial charge < -0.3 is 15.3 Å². The zero-order chi connectivity index (χ0) is 18.7. The summed E-state index contributed by atoms with van der Waals surface area (Å²) in [5, 5.41) is 28.8. The summed E-state index contributed by atoms with van der Waals surface area (Å²) >= 11 is 0. The Hall–Kier alpha value is -3.08. The minimum Gasteiger partial charge on any atom is -0.465 e. The fraction of sp³-hybridized carbons (Fsp3) is 0.444. The smallest absolute Gasteiger partial charge is 0.407 e. The molecule has 2 aromatic rings. The first-order valence-electron chi connectivity index (χ1n) is 8.66. The van der Waals surface area contributed by atoms with E-state index in [-0.39, 0.29) is 18.0 Å². The molecule has 0 saturated heterocycles. The van der Waals surface area contributed by atoms with Gasteiger partial charge in [0.25, 0.3) is 0 Å². The first-order valence-corrected chi connectivity index (χ1v) is 8.66. The second-order valence-electron chi connectivity index (χ2n) is 6.86. The van der Waals surface area contributed by atoms with Crippen molar-refractivity contribution in [2.45, 2.75) is 51.1 Å². The van der Waals surface area contributed by atoms with Gasteiger partial charge in [0.1, 0.15) is 6.07 Å². The van der Waals surface area contributed by atoms with Crippen LogP contribution in [-0.4, -0.2) is 43.4 Å². The Labute approximate surface area is 151 Å². The van der Waals surface area contributed by atoms with Crippen LogP contribution < -0.4 is 5.32 Å². The molecule has 0 aromatic carbocycles. The van der Waals surface area contributed by atoms with Gasteiger partial charge in [0.2, 0.25) is 0 Å². The Morgan fingerprint density at radius 1 is 1.42 bits per heavy atom. The molecule has 0 spiro atoms. The number of aromatic amines is 1. The number of hydrogen-bond acceptors (Lipinski definition) is 5. The minimum atomic E-state index is -0.859. The summed E-state index contributed by atoms with van der Waals surface area (Å²) in [5.41, 5.74) is 2.17. The summed E-state index contributed by atoms with van der Waals surface area (Å²) in [5.74, 6) is 0.909. The number of anilines is 2. The van der Waals surface area contributed by atoms with E-state index in [1.54, 1.807) is 17.2 Å². The molecule has 2 atom stereocenters. The maximum atomic E-state index is 11.5. The quantitative estimate of drug-likeness (QED) is 0.757. The zero-order valence-electron chi connectivity index (χ0n) is 14.8. The molecule has 8 nitrogen and oxygen atoms in total. The van der Waals surface area contributed by atoms with Crippen molar-refractivity contribution in [1.82, 2.24) is 20.1 Å². The molecular formula is C18H22N6O2. The second-order valence-corrected chi connectivity index (χ2v) is 6.86. The molecule has 2 heterocycles. The molecule has 1 unspecified atom stereocenters. The number of carbonyl (C=O) groups is 1. The highest BCUT2D eigenvalue weighted by Gasteiger charge is 2.34. The molecule has 0 radical (unpaired) electrons. The highest BCUT2D eigenvalue weighted by Crippen LogP contribution is 2.37. The third-order valence-electron chi connectivity index (χ3n) is 4.75. The van der Waals surface area contributed by atoms with Gasteiger partial charge in [0.05, 0.1) is 17.4 Å². The summed E-state index contributed by atoms with van der Waals surface area (Å²) in [7, 11) is 0. The van der Waals surface area contributed by atoms with E-state index < -0.39 is 6.09 Å². The third kappa shape index (κ3) is 3.77. The zero-order valence-corrected chi connectivity index (χ0v) is 14.8. The molecule has 3 N–H and O–H groups in total. The van der Waals surface area contributed by atoms with E-state index in [0.717, 1.165) is 25.0 Å². The number of nitriles is 1. The van der Waals surface area contributed by atoms with Crippen LogP contribution in [0.5, 0.6) is 0 Å². The standard InChI is InChI=1S/C18H22N6O2/c1-11(2)24(18(25)26)15-4-3-13(6-15)16-7-17(23-22-16)21-14-5-12(8-19)9-20-10-14/h5,7,9-11,13,15H,3-4,6H2,1-2H3,(H,25,26)(H2,21,22,23)/t13-,15?/m0/s1. The van der Waals surface area contributed by atoms with Crippen LogP contribution in [-0.2, 0) is 0 Å². The predicted octanol–water partition coefficient (Wildman–Crippen LogP) is 3.44. The predicted molar refractivity (Wildman–Crippen MR) is 96.2 cm³/mol. The van der Waals surface area contributed by atoms with Gasteiger partial charge in [-0.3, -0.25) is 10.1 Å². The average molecular weight is 354 g/mol. The monoisotopic (exact) mass is 354 g/mol. The number of pyridine rings is 1. The summed E-state index contributed by atoms with van der Waals surface area (Å²) < 4.78 is 0. The van der Waals surface area contributed by atoms with Crippen LogP contribution in [0.3, 0.4) is 0 Å². The third-order valence-corrected chi connectivity index (χ3v) is 4.75. The maximum Gasteiger partial charge on any atom is 0.407 e. The van der Waals surface area contributed by atoms with Gasteiger partial charge in [-0.1, -0.05) is 0 Å². The molecular weight excluding hydrogens is 332 g/mol. The van der Waals surface area contributed by atoms with Crippen molar-refractivity contribution in [3.63, 3.8) is 0 Å². The Morgan fingerprint density at radius 2 is 2.23 bits per heavy atom. The van der Waals surface area contributed by atoms with Gasteiger partial charge in [-0.15, -0.1) is 0 Å². The molecule has 3 rings (SSSR count). The van der Waals surface area contributed by atoms with E-state index in [1.165, 1.54) is 6.20 Å². The average Bonchev–Trinajstić information content (AvgIpc) is 3.24. The van der Waals surface area contributed by atoms with Gasteiger partial charge in [0, 0.05) is 36.0 Å². The highest BCUT2D eigenvalue weighted by molar-refractivity contribution is 5.66. The lowest BCUT2D eigenvalue weighted by Crippen LogP contribution is -2.42. The number of nitrogens with one attached hydrogen (secondary N) is 2. The van der Waals surface area contributed by atoms with Gasteiger partial charge >= 0.3 is 6.09 Å². The molecule has 1 amide bonds. The maximum absolute atomic E-state index is 11.5. The molecule has 26 heavy (non-hydrogen) atoms. The van der Waals surface area contributed by atoms with Crippen molar-refractivity contribution in [3.05, 3.63) is 35.8 Å². The van der Waals surface area contributed by atoms with Crippen LogP contribution in [0.25, 0.3) is 0 Å². The Balaban J connectivity index is 1.67.